The topological polar surface area (TPSA) is 58.0 Å². The average molecular weight is 357 g/mol. The standard InChI is InChI=1S/C18H13ClN2O2S/c19-13-5-7-14(8-6-13)21-17(22)11-12-9-10-24(23)16-4-2-1-3-15(16)18(12)20-21/h1-8,11H,9-10H2. The van der Waals surface area contributed by atoms with Gasteiger partial charge in [0.05, 0.1) is 16.9 Å². The highest BCUT2D eigenvalue weighted by Crippen LogP contribution is 2.32. The van der Waals surface area contributed by atoms with E-state index in [4.69, 9.17) is 11.6 Å². The maximum atomic E-state index is 12.5. The summed E-state index contributed by atoms with van der Waals surface area (Å²) in [4.78, 5) is 13.2. The summed E-state index contributed by atoms with van der Waals surface area (Å²) in [7, 11) is 0. The van der Waals surface area contributed by atoms with Gasteiger partial charge in [-0.3, -0.25) is 4.79 Å². The van der Waals surface area contributed by atoms with Gasteiger partial charge in [-0.25, -0.2) is 0 Å². The van der Waals surface area contributed by atoms with Gasteiger partial charge >= 0.3 is 0 Å². The summed E-state index contributed by atoms with van der Waals surface area (Å²) >= 11 is 4.83. The third-order valence-electron chi connectivity index (χ3n) is 4.03. The van der Waals surface area contributed by atoms with Crippen molar-refractivity contribution in [2.24, 2.45) is 0 Å². The number of halogens is 1. The van der Waals surface area contributed by atoms with Gasteiger partial charge in [0.1, 0.15) is 5.75 Å². The SMILES string of the molecule is O=c1cc2c(nn1-c1ccc(Cl)cc1)-c1ccccc1[S+]([O-])CC2. The molecule has 2 aromatic carbocycles. The molecule has 0 amide bonds. The molecule has 0 radical (unpaired) electrons. The lowest BCUT2D eigenvalue weighted by Crippen LogP contribution is -2.22. The molecule has 0 aliphatic carbocycles. The van der Waals surface area contributed by atoms with Crippen LogP contribution in [0.25, 0.3) is 16.9 Å². The van der Waals surface area contributed by atoms with Crippen LogP contribution < -0.4 is 5.56 Å². The second-order valence-electron chi connectivity index (χ2n) is 5.54. The number of rotatable bonds is 1. The lowest BCUT2D eigenvalue weighted by Gasteiger charge is -2.11. The third-order valence-corrected chi connectivity index (χ3v) is 5.70. The van der Waals surface area contributed by atoms with Crippen molar-refractivity contribution in [3.05, 3.63) is 75.5 Å². The summed E-state index contributed by atoms with van der Waals surface area (Å²) in [5, 5.41) is 5.17. The van der Waals surface area contributed by atoms with E-state index in [0.717, 1.165) is 16.0 Å². The molecule has 24 heavy (non-hydrogen) atoms. The Morgan fingerprint density at radius 2 is 1.88 bits per heavy atom. The van der Waals surface area contributed by atoms with Crippen molar-refractivity contribution in [1.29, 1.82) is 0 Å². The minimum atomic E-state index is -1.09. The van der Waals surface area contributed by atoms with Gasteiger partial charge in [-0.2, -0.15) is 9.78 Å². The molecule has 1 aliphatic heterocycles. The van der Waals surface area contributed by atoms with Gasteiger partial charge in [-0.15, -0.1) is 0 Å². The quantitative estimate of drug-likeness (QED) is 0.629. The molecule has 1 atom stereocenters. The average Bonchev–Trinajstić information content (AvgIpc) is 2.73. The normalized spacial score (nSPS) is 16.2. The summed E-state index contributed by atoms with van der Waals surface area (Å²) in [6.45, 7) is 0. The van der Waals surface area contributed by atoms with E-state index < -0.39 is 11.2 Å². The molecule has 1 unspecified atom stereocenters. The molecule has 120 valence electrons. The molecular weight excluding hydrogens is 344 g/mol. The highest BCUT2D eigenvalue weighted by Gasteiger charge is 2.25. The summed E-state index contributed by atoms with van der Waals surface area (Å²) in [5.74, 6) is 0.496. The maximum absolute atomic E-state index is 12.5. The Hall–Kier alpha value is -2.08. The number of aromatic nitrogens is 2. The number of benzene rings is 2. The molecule has 0 saturated carbocycles. The fourth-order valence-electron chi connectivity index (χ4n) is 2.85. The van der Waals surface area contributed by atoms with Crippen LogP contribution in [0.2, 0.25) is 5.02 Å². The second-order valence-corrected chi connectivity index (χ2v) is 7.52. The van der Waals surface area contributed by atoms with Crippen molar-refractivity contribution in [2.45, 2.75) is 11.3 Å². The zero-order valence-corrected chi connectivity index (χ0v) is 14.2. The fourth-order valence-corrected chi connectivity index (χ4v) is 4.24. The largest absolute Gasteiger partial charge is 0.611 e. The van der Waals surface area contributed by atoms with E-state index in [0.29, 0.717) is 28.6 Å². The highest BCUT2D eigenvalue weighted by molar-refractivity contribution is 7.91. The van der Waals surface area contributed by atoms with Crippen molar-refractivity contribution in [2.75, 3.05) is 5.75 Å². The van der Waals surface area contributed by atoms with Gasteiger partial charge in [0.15, 0.2) is 4.90 Å². The molecule has 4 nitrogen and oxygen atoms in total. The van der Waals surface area contributed by atoms with E-state index in [1.54, 1.807) is 30.3 Å². The molecular formula is C18H13ClN2O2S. The van der Waals surface area contributed by atoms with Gasteiger partial charge in [-0.05, 0) is 53.1 Å². The third kappa shape index (κ3) is 2.65. The Morgan fingerprint density at radius 1 is 1.12 bits per heavy atom. The minimum Gasteiger partial charge on any atom is -0.611 e. The van der Waals surface area contributed by atoms with Gasteiger partial charge in [-0.1, -0.05) is 23.7 Å². The molecule has 0 saturated heterocycles. The Balaban J connectivity index is 1.96. The van der Waals surface area contributed by atoms with Crippen LogP contribution in [-0.4, -0.2) is 20.1 Å². The smallest absolute Gasteiger partial charge is 0.271 e. The summed E-state index contributed by atoms with van der Waals surface area (Å²) < 4.78 is 13.8. The summed E-state index contributed by atoms with van der Waals surface area (Å²) in [6, 6.07) is 16.1. The van der Waals surface area contributed by atoms with Crippen molar-refractivity contribution < 1.29 is 4.55 Å². The Morgan fingerprint density at radius 3 is 2.67 bits per heavy atom. The Kier molecular flexibility index (Phi) is 3.92. The monoisotopic (exact) mass is 356 g/mol. The van der Waals surface area contributed by atoms with Gasteiger partial charge in [0, 0.05) is 17.5 Å². The van der Waals surface area contributed by atoms with Crippen LogP contribution in [0, 0.1) is 0 Å². The number of aryl methyl sites for hydroxylation is 1. The molecule has 3 aromatic rings. The van der Waals surface area contributed by atoms with E-state index in [1.807, 2.05) is 24.3 Å². The minimum absolute atomic E-state index is 0.207. The predicted molar refractivity (Wildman–Crippen MR) is 95.3 cm³/mol. The van der Waals surface area contributed by atoms with Crippen LogP contribution in [0.4, 0.5) is 0 Å². The van der Waals surface area contributed by atoms with Crippen LogP contribution in [0.15, 0.2) is 64.3 Å². The van der Waals surface area contributed by atoms with E-state index in [1.165, 1.54) is 4.68 Å². The predicted octanol–water partition coefficient (Wildman–Crippen LogP) is 3.22. The zero-order valence-electron chi connectivity index (χ0n) is 12.6. The Bertz CT molecular complexity index is 969. The van der Waals surface area contributed by atoms with Gasteiger partial charge < -0.3 is 4.55 Å². The first-order valence-corrected chi connectivity index (χ1v) is 9.20. The molecule has 1 aliphatic rings. The summed E-state index contributed by atoms with van der Waals surface area (Å²) in [5.41, 5.74) is 2.82. The molecule has 1 aromatic heterocycles. The van der Waals surface area contributed by atoms with Gasteiger partial charge in [0.2, 0.25) is 0 Å². The fraction of sp³-hybridized carbons (Fsp3) is 0.111. The zero-order chi connectivity index (χ0) is 16.7. The van der Waals surface area contributed by atoms with Crippen molar-refractivity contribution in [3.8, 4) is 16.9 Å². The van der Waals surface area contributed by atoms with E-state index in [9.17, 15) is 9.35 Å². The lowest BCUT2D eigenvalue weighted by molar-refractivity contribution is 0.595. The van der Waals surface area contributed by atoms with Crippen molar-refractivity contribution in [1.82, 2.24) is 9.78 Å². The molecule has 2 heterocycles. The molecule has 0 N–H and O–H groups in total. The van der Waals surface area contributed by atoms with Crippen LogP contribution in [0.3, 0.4) is 0 Å². The number of nitrogens with zero attached hydrogens (tertiary/aromatic N) is 2. The van der Waals surface area contributed by atoms with Crippen molar-refractivity contribution >= 4 is 22.8 Å². The van der Waals surface area contributed by atoms with Crippen LogP contribution in [0.5, 0.6) is 0 Å². The van der Waals surface area contributed by atoms with Crippen LogP contribution in [-0.2, 0) is 17.6 Å². The van der Waals surface area contributed by atoms with E-state index >= 15 is 0 Å². The molecule has 0 bridgehead atoms. The Labute approximate surface area is 146 Å². The van der Waals surface area contributed by atoms with Gasteiger partial charge in [0.25, 0.3) is 5.56 Å². The van der Waals surface area contributed by atoms with Crippen LogP contribution >= 0.6 is 11.6 Å². The number of hydrogen-bond acceptors (Lipinski definition) is 3. The second kappa shape index (κ2) is 6.09. The first kappa shape index (κ1) is 15.4. The first-order valence-electron chi connectivity index (χ1n) is 7.50. The molecule has 0 fully saturated rings. The van der Waals surface area contributed by atoms with E-state index in [2.05, 4.69) is 5.10 Å². The highest BCUT2D eigenvalue weighted by atomic mass is 35.5. The maximum Gasteiger partial charge on any atom is 0.271 e. The number of hydrogen-bond donors (Lipinski definition) is 0. The summed E-state index contributed by atoms with van der Waals surface area (Å²) in [6.07, 6.45) is 0.570. The molecule has 0 spiro atoms. The number of fused-ring (bicyclic) bond motifs is 3. The van der Waals surface area contributed by atoms with Crippen LogP contribution in [0.1, 0.15) is 5.56 Å². The first-order chi connectivity index (χ1) is 11.6. The lowest BCUT2D eigenvalue weighted by atomic mass is 10.1. The molecule has 4 rings (SSSR count). The van der Waals surface area contributed by atoms with Crippen molar-refractivity contribution in [3.63, 3.8) is 0 Å². The molecule has 6 heteroatoms. The van der Waals surface area contributed by atoms with E-state index in [-0.39, 0.29) is 5.56 Å².